The summed E-state index contributed by atoms with van der Waals surface area (Å²) in [6.45, 7) is 0. The van der Waals surface area contributed by atoms with Crippen LogP contribution in [0.3, 0.4) is 0 Å². The lowest BCUT2D eigenvalue weighted by Gasteiger charge is -2.16. The van der Waals surface area contributed by atoms with Crippen molar-refractivity contribution >= 4 is 23.0 Å². The van der Waals surface area contributed by atoms with Gasteiger partial charge in [-0.1, -0.05) is 12.8 Å². The Morgan fingerprint density at radius 1 is 1.15 bits per heavy atom. The van der Waals surface area contributed by atoms with Gasteiger partial charge < -0.3 is 15.4 Å². The van der Waals surface area contributed by atoms with Gasteiger partial charge in [-0.25, -0.2) is 0 Å². The topological polar surface area (TPSA) is 33.3 Å². The summed E-state index contributed by atoms with van der Waals surface area (Å²) in [5, 5.41) is 6.62. The van der Waals surface area contributed by atoms with Gasteiger partial charge in [-0.2, -0.15) is 0 Å². The lowest BCUT2D eigenvalue weighted by atomic mass is 10.2. The monoisotopic (exact) mass is 304 g/mol. The zero-order valence-corrected chi connectivity index (χ0v) is 11.5. The van der Waals surface area contributed by atoms with Gasteiger partial charge in [-0.15, -0.1) is 13.2 Å². The third-order valence-corrected chi connectivity index (χ3v) is 3.26. The second-order valence-corrected chi connectivity index (χ2v) is 5.06. The molecule has 0 amide bonds. The summed E-state index contributed by atoms with van der Waals surface area (Å²) >= 11 is 5.16. The van der Waals surface area contributed by atoms with Gasteiger partial charge >= 0.3 is 6.36 Å². The summed E-state index contributed by atoms with van der Waals surface area (Å²) in [6.07, 6.45) is -0.0812. The van der Waals surface area contributed by atoms with Gasteiger partial charge in [0.05, 0.1) is 0 Å². The van der Waals surface area contributed by atoms with Crippen LogP contribution in [-0.2, 0) is 0 Å². The molecule has 1 saturated carbocycles. The zero-order valence-electron chi connectivity index (χ0n) is 10.7. The van der Waals surface area contributed by atoms with E-state index in [2.05, 4.69) is 15.4 Å². The molecule has 0 heterocycles. The highest BCUT2D eigenvalue weighted by molar-refractivity contribution is 7.80. The van der Waals surface area contributed by atoms with Crippen LogP contribution in [0.15, 0.2) is 24.3 Å². The van der Waals surface area contributed by atoms with E-state index in [4.69, 9.17) is 12.2 Å². The molecule has 0 radical (unpaired) electrons. The first-order valence-electron chi connectivity index (χ1n) is 6.36. The van der Waals surface area contributed by atoms with Crippen LogP contribution in [0.2, 0.25) is 0 Å². The summed E-state index contributed by atoms with van der Waals surface area (Å²) in [7, 11) is 0. The molecule has 0 spiro atoms. The number of hydrogen-bond donors (Lipinski definition) is 2. The number of thiocarbonyl (C=S) groups is 1. The van der Waals surface area contributed by atoms with Gasteiger partial charge in [0.15, 0.2) is 5.11 Å². The molecule has 3 nitrogen and oxygen atoms in total. The SMILES string of the molecule is FC(F)(F)Oc1ccc(NC(=S)NC2CCCC2)cc1. The molecule has 2 rings (SSSR count). The van der Waals surface area contributed by atoms with Gasteiger partial charge in [0.1, 0.15) is 5.75 Å². The van der Waals surface area contributed by atoms with Crippen LogP contribution < -0.4 is 15.4 Å². The smallest absolute Gasteiger partial charge is 0.406 e. The van der Waals surface area contributed by atoms with Crippen LogP contribution in [-0.4, -0.2) is 17.5 Å². The van der Waals surface area contributed by atoms with Crippen LogP contribution in [0.4, 0.5) is 18.9 Å². The predicted octanol–water partition coefficient (Wildman–Crippen LogP) is 3.81. The molecular weight excluding hydrogens is 289 g/mol. The predicted molar refractivity (Wildman–Crippen MR) is 74.7 cm³/mol. The van der Waals surface area contributed by atoms with Crippen LogP contribution in [0, 0.1) is 0 Å². The van der Waals surface area contributed by atoms with Crippen molar-refractivity contribution < 1.29 is 17.9 Å². The maximum absolute atomic E-state index is 12.0. The molecule has 1 aliphatic carbocycles. The summed E-state index contributed by atoms with van der Waals surface area (Å²) in [6, 6.07) is 5.86. The van der Waals surface area contributed by atoms with E-state index in [1.165, 1.54) is 37.1 Å². The number of anilines is 1. The number of rotatable bonds is 3. The van der Waals surface area contributed by atoms with E-state index in [1.54, 1.807) is 0 Å². The average molecular weight is 304 g/mol. The normalized spacial score (nSPS) is 15.9. The maximum Gasteiger partial charge on any atom is 0.573 e. The molecule has 0 saturated heterocycles. The highest BCUT2D eigenvalue weighted by Gasteiger charge is 2.30. The minimum Gasteiger partial charge on any atom is -0.406 e. The lowest BCUT2D eigenvalue weighted by molar-refractivity contribution is -0.274. The van der Waals surface area contributed by atoms with Crippen LogP contribution in [0.1, 0.15) is 25.7 Å². The largest absolute Gasteiger partial charge is 0.573 e. The lowest BCUT2D eigenvalue weighted by Crippen LogP contribution is -2.35. The fraction of sp³-hybridized carbons (Fsp3) is 0.462. The van der Waals surface area contributed by atoms with Gasteiger partial charge in [0.2, 0.25) is 0 Å². The zero-order chi connectivity index (χ0) is 14.6. The standard InChI is InChI=1S/C13H15F3N2OS/c14-13(15,16)19-11-7-5-10(6-8-11)18-12(20)17-9-3-1-2-4-9/h5-9H,1-4H2,(H2,17,18,20). The number of halogens is 3. The Labute approximate surface area is 120 Å². The number of ether oxygens (including phenoxy) is 1. The Balaban J connectivity index is 1.85. The fourth-order valence-electron chi connectivity index (χ4n) is 2.16. The summed E-state index contributed by atoms with van der Waals surface area (Å²) in [4.78, 5) is 0. The molecule has 1 aromatic carbocycles. The van der Waals surface area contributed by atoms with Crippen molar-refractivity contribution in [2.24, 2.45) is 0 Å². The highest BCUT2D eigenvalue weighted by atomic mass is 32.1. The molecule has 20 heavy (non-hydrogen) atoms. The van der Waals surface area contributed by atoms with Gasteiger partial charge in [-0.05, 0) is 49.3 Å². The first kappa shape index (κ1) is 14.9. The Bertz CT molecular complexity index is 456. The minimum atomic E-state index is -4.67. The van der Waals surface area contributed by atoms with Crippen LogP contribution in [0.25, 0.3) is 0 Å². The van der Waals surface area contributed by atoms with Crippen molar-refractivity contribution in [3.8, 4) is 5.75 Å². The summed E-state index contributed by atoms with van der Waals surface area (Å²) < 4.78 is 39.8. The number of benzene rings is 1. The van der Waals surface area contributed by atoms with E-state index in [-0.39, 0.29) is 5.75 Å². The van der Waals surface area contributed by atoms with Gasteiger partial charge in [-0.3, -0.25) is 0 Å². The van der Waals surface area contributed by atoms with Gasteiger partial charge in [0.25, 0.3) is 0 Å². The van der Waals surface area contributed by atoms with E-state index in [0.29, 0.717) is 16.8 Å². The molecule has 110 valence electrons. The molecule has 2 N–H and O–H groups in total. The van der Waals surface area contributed by atoms with E-state index < -0.39 is 6.36 Å². The fourth-order valence-corrected chi connectivity index (χ4v) is 2.45. The second kappa shape index (κ2) is 6.30. The van der Waals surface area contributed by atoms with Crippen molar-refractivity contribution in [3.63, 3.8) is 0 Å². The first-order valence-corrected chi connectivity index (χ1v) is 6.76. The quantitative estimate of drug-likeness (QED) is 0.832. The third-order valence-electron chi connectivity index (χ3n) is 3.04. The Hall–Kier alpha value is -1.50. The van der Waals surface area contributed by atoms with E-state index >= 15 is 0 Å². The van der Waals surface area contributed by atoms with Gasteiger partial charge in [0, 0.05) is 11.7 Å². The number of hydrogen-bond acceptors (Lipinski definition) is 2. The van der Waals surface area contributed by atoms with Crippen molar-refractivity contribution in [1.82, 2.24) is 5.32 Å². The number of nitrogens with one attached hydrogen (secondary N) is 2. The maximum atomic E-state index is 12.0. The van der Waals surface area contributed by atoms with E-state index in [0.717, 1.165) is 12.8 Å². The Kier molecular flexibility index (Phi) is 4.69. The minimum absolute atomic E-state index is 0.252. The van der Waals surface area contributed by atoms with Crippen molar-refractivity contribution in [2.75, 3.05) is 5.32 Å². The molecule has 1 fully saturated rings. The van der Waals surface area contributed by atoms with E-state index in [9.17, 15) is 13.2 Å². The third kappa shape index (κ3) is 4.88. The molecule has 0 atom stereocenters. The summed E-state index contributed by atoms with van der Waals surface area (Å²) in [5.74, 6) is -0.252. The number of alkyl halides is 3. The molecule has 1 aliphatic rings. The molecule has 0 aliphatic heterocycles. The summed E-state index contributed by atoms with van der Waals surface area (Å²) in [5.41, 5.74) is 0.620. The Morgan fingerprint density at radius 3 is 2.30 bits per heavy atom. The van der Waals surface area contributed by atoms with Crippen LogP contribution >= 0.6 is 12.2 Å². The molecule has 0 aromatic heterocycles. The molecule has 0 bridgehead atoms. The van der Waals surface area contributed by atoms with Crippen molar-refractivity contribution in [3.05, 3.63) is 24.3 Å². The molecule has 7 heteroatoms. The average Bonchev–Trinajstić information content (AvgIpc) is 2.82. The first-order chi connectivity index (χ1) is 9.42. The molecule has 1 aromatic rings. The van der Waals surface area contributed by atoms with E-state index in [1.807, 2.05) is 0 Å². The van der Waals surface area contributed by atoms with Crippen LogP contribution in [0.5, 0.6) is 5.75 Å². The Morgan fingerprint density at radius 2 is 1.75 bits per heavy atom. The highest BCUT2D eigenvalue weighted by Crippen LogP contribution is 2.24. The van der Waals surface area contributed by atoms with Crippen molar-refractivity contribution in [1.29, 1.82) is 0 Å². The van der Waals surface area contributed by atoms with Crippen molar-refractivity contribution in [2.45, 2.75) is 38.1 Å². The molecule has 0 unspecified atom stereocenters. The molecular formula is C13H15F3N2OS. The second-order valence-electron chi connectivity index (χ2n) is 4.65.